The summed E-state index contributed by atoms with van der Waals surface area (Å²) in [5, 5.41) is 13.6. The molecule has 3 aromatic rings. The first-order valence-corrected chi connectivity index (χ1v) is 9.37. The van der Waals surface area contributed by atoms with E-state index in [1.54, 1.807) is 14.2 Å². The third-order valence-electron chi connectivity index (χ3n) is 4.21. The minimum atomic E-state index is 0. The van der Waals surface area contributed by atoms with Crippen LogP contribution in [-0.4, -0.2) is 48.5 Å². The Morgan fingerprint density at radius 3 is 2.40 bits per heavy atom. The number of hydrogen-bond donors (Lipinski definition) is 3. The molecule has 0 aliphatic rings. The van der Waals surface area contributed by atoms with Crippen LogP contribution < -0.4 is 20.1 Å². The Morgan fingerprint density at radius 2 is 1.73 bits per heavy atom. The molecule has 0 spiro atoms. The molecule has 1 aromatic heterocycles. The highest BCUT2D eigenvalue weighted by Gasteiger charge is 2.07. The lowest BCUT2D eigenvalue weighted by atomic mass is 10.2. The van der Waals surface area contributed by atoms with Crippen molar-refractivity contribution in [1.82, 2.24) is 25.8 Å². The van der Waals surface area contributed by atoms with Crippen LogP contribution in [0.4, 0.5) is 0 Å². The molecule has 0 saturated carbocycles. The van der Waals surface area contributed by atoms with Crippen LogP contribution in [0.5, 0.6) is 11.5 Å². The van der Waals surface area contributed by atoms with Gasteiger partial charge in [0.2, 0.25) is 0 Å². The standard InChI is InChI=1S/C21H26N6O2.HI/c1-15-4-8-18(9-5-15)29-13-12-23-21(22-2)24-14-19-25-20(27-26-19)16-6-10-17(28-3)11-7-16;/h4-11H,12-14H2,1-3H3,(H2,22,23,24)(H,25,26,27);1H. The van der Waals surface area contributed by atoms with Gasteiger partial charge < -0.3 is 20.1 Å². The van der Waals surface area contributed by atoms with Gasteiger partial charge in [0, 0.05) is 12.6 Å². The molecule has 9 heteroatoms. The molecule has 30 heavy (non-hydrogen) atoms. The number of methoxy groups -OCH3 is 1. The van der Waals surface area contributed by atoms with Crippen LogP contribution in [0.25, 0.3) is 11.4 Å². The maximum absolute atomic E-state index is 5.70. The molecule has 1 heterocycles. The summed E-state index contributed by atoms with van der Waals surface area (Å²) >= 11 is 0. The van der Waals surface area contributed by atoms with Crippen LogP contribution in [0.1, 0.15) is 11.4 Å². The van der Waals surface area contributed by atoms with E-state index in [4.69, 9.17) is 9.47 Å². The lowest BCUT2D eigenvalue weighted by Crippen LogP contribution is -2.39. The zero-order valence-corrected chi connectivity index (χ0v) is 19.6. The highest BCUT2D eigenvalue weighted by Crippen LogP contribution is 2.18. The monoisotopic (exact) mass is 522 g/mol. The number of aryl methyl sites for hydroxylation is 1. The van der Waals surface area contributed by atoms with Gasteiger partial charge >= 0.3 is 0 Å². The predicted octanol–water partition coefficient (Wildman–Crippen LogP) is 3.15. The van der Waals surface area contributed by atoms with E-state index in [1.165, 1.54) is 5.56 Å². The third kappa shape index (κ3) is 6.90. The van der Waals surface area contributed by atoms with Crippen molar-refractivity contribution in [2.45, 2.75) is 13.5 Å². The van der Waals surface area contributed by atoms with Gasteiger partial charge in [-0.25, -0.2) is 4.98 Å². The summed E-state index contributed by atoms with van der Waals surface area (Å²) < 4.78 is 10.9. The average Bonchev–Trinajstić information content (AvgIpc) is 3.23. The minimum absolute atomic E-state index is 0. The van der Waals surface area contributed by atoms with Crippen molar-refractivity contribution in [3.63, 3.8) is 0 Å². The molecular weight excluding hydrogens is 495 g/mol. The number of aromatic nitrogens is 3. The van der Waals surface area contributed by atoms with Crippen molar-refractivity contribution < 1.29 is 9.47 Å². The van der Waals surface area contributed by atoms with Gasteiger partial charge in [-0.1, -0.05) is 17.7 Å². The van der Waals surface area contributed by atoms with Crippen LogP contribution in [0.3, 0.4) is 0 Å². The number of aromatic amines is 1. The van der Waals surface area contributed by atoms with Crippen LogP contribution in [0, 0.1) is 6.92 Å². The van der Waals surface area contributed by atoms with Gasteiger partial charge in [-0.15, -0.1) is 24.0 Å². The van der Waals surface area contributed by atoms with Gasteiger partial charge in [0.05, 0.1) is 20.2 Å². The summed E-state index contributed by atoms with van der Waals surface area (Å²) in [6.45, 7) is 3.69. The van der Waals surface area contributed by atoms with Gasteiger partial charge in [0.15, 0.2) is 11.8 Å². The van der Waals surface area contributed by atoms with E-state index in [0.29, 0.717) is 31.5 Å². The van der Waals surface area contributed by atoms with Crippen molar-refractivity contribution in [2.75, 3.05) is 27.3 Å². The molecule has 8 nitrogen and oxygen atoms in total. The molecule has 0 atom stereocenters. The number of aliphatic imine (C=N–C) groups is 1. The van der Waals surface area contributed by atoms with Gasteiger partial charge in [-0.2, -0.15) is 5.10 Å². The SMILES string of the molecule is CN=C(NCCOc1ccc(C)cc1)NCc1nc(-c2ccc(OC)cc2)n[nH]1.I. The molecule has 0 amide bonds. The quantitative estimate of drug-likeness (QED) is 0.182. The van der Waals surface area contributed by atoms with Crippen molar-refractivity contribution >= 4 is 29.9 Å². The zero-order chi connectivity index (χ0) is 20.5. The fraction of sp³-hybridized carbons (Fsp3) is 0.286. The smallest absolute Gasteiger partial charge is 0.191 e. The summed E-state index contributed by atoms with van der Waals surface area (Å²) in [5.74, 6) is 3.67. The highest BCUT2D eigenvalue weighted by atomic mass is 127. The molecule has 3 rings (SSSR count). The molecule has 0 saturated heterocycles. The van der Waals surface area contributed by atoms with E-state index in [0.717, 1.165) is 22.9 Å². The van der Waals surface area contributed by atoms with E-state index < -0.39 is 0 Å². The van der Waals surface area contributed by atoms with Crippen LogP contribution in [0.2, 0.25) is 0 Å². The van der Waals surface area contributed by atoms with E-state index >= 15 is 0 Å². The number of nitrogens with one attached hydrogen (secondary N) is 3. The van der Waals surface area contributed by atoms with Crippen LogP contribution in [0.15, 0.2) is 53.5 Å². The predicted molar refractivity (Wildman–Crippen MR) is 129 cm³/mol. The number of halogens is 1. The normalized spacial score (nSPS) is 10.8. The molecule has 0 aliphatic heterocycles. The molecular formula is C21H27IN6O2. The summed E-state index contributed by atoms with van der Waals surface area (Å²) in [6, 6.07) is 15.6. The zero-order valence-electron chi connectivity index (χ0n) is 17.3. The van der Waals surface area contributed by atoms with Gasteiger partial charge in [-0.3, -0.25) is 10.1 Å². The number of nitrogens with zero attached hydrogens (tertiary/aromatic N) is 3. The molecule has 3 N–H and O–H groups in total. The first-order valence-electron chi connectivity index (χ1n) is 9.37. The molecule has 0 aliphatic carbocycles. The average molecular weight is 522 g/mol. The fourth-order valence-electron chi connectivity index (χ4n) is 2.60. The number of rotatable bonds is 8. The van der Waals surface area contributed by atoms with Crippen molar-refractivity contribution in [3.8, 4) is 22.9 Å². The Kier molecular flexibility index (Phi) is 9.39. The number of H-pyrrole nitrogens is 1. The fourth-order valence-corrected chi connectivity index (χ4v) is 2.60. The summed E-state index contributed by atoms with van der Waals surface area (Å²) in [5.41, 5.74) is 2.13. The van der Waals surface area contributed by atoms with Gasteiger partial charge in [-0.05, 0) is 43.3 Å². The Labute approximate surface area is 193 Å². The third-order valence-corrected chi connectivity index (χ3v) is 4.21. The van der Waals surface area contributed by atoms with E-state index in [2.05, 4.69) is 37.7 Å². The van der Waals surface area contributed by atoms with E-state index in [-0.39, 0.29) is 24.0 Å². The molecule has 0 fully saturated rings. The Morgan fingerprint density at radius 1 is 1.03 bits per heavy atom. The largest absolute Gasteiger partial charge is 0.497 e. The second-order valence-electron chi connectivity index (χ2n) is 6.35. The molecule has 0 unspecified atom stereocenters. The summed E-state index contributed by atoms with van der Waals surface area (Å²) in [6.07, 6.45) is 0. The van der Waals surface area contributed by atoms with Gasteiger partial charge in [0.1, 0.15) is 23.9 Å². The first-order chi connectivity index (χ1) is 14.2. The van der Waals surface area contributed by atoms with Crippen molar-refractivity contribution in [2.24, 2.45) is 4.99 Å². The Bertz CT molecular complexity index is 925. The van der Waals surface area contributed by atoms with E-state index in [1.807, 2.05) is 48.5 Å². The summed E-state index contributed by atoms with van der Waals surface area (Å²) in [7, 11) is 3.36. The molecule has 2 aromatic carbocycles. The second kappa shape index (κ2) is 12.0. The van der Waals surface area contributed by atoms with E-state index in [9.17, 15) is 0 Å². The second-order valence-corrected chi connectivity index (χ2v) is 6.35. The molecule has 0 bridgehead atoms. The number of hydrogen-bond acceptors (Lipinski definition) is 5. The lowest BCUT2D eigenvalue weighted by Gasteiger charge is -2.11. The number of ether oxygens (including phenoxy) is 2. The molecule has 160 valence electrons. The summed E-state index contributed by atoms with van der Waals surface area (Å²) in [4.78, 5) is 8.71. The minimum Gasteiger partial charge on any atom is -0.497 e. The number of guanidine groups is 1. The molecule has 0 radical (unpaired) electrons. The van der Waals surface area contributed by atoms with Crippen LogP contribution >= 0.6 is 24.0 Å². The number of benzene rings is 2. The van der Waals surface area contributed by atoms with Crippen molar-refractivity contribution in [3.05, 3.63) is 59.9 Å². The lowest BCUT2D eigenvalue weighted by molar-refractivity contribution is 0.322. The highest BCUT2D eigenvalue weighted by molar-refractivity contribution is 14.0. The van der Waals surface area contributed by atoms with Crippen molar-refractivity contribution in [1.29, 1.82) is 0 Å². The Balaban J connectivity index is 0.00000320. The topological polar surface area (TPSA) is 96.5 Å². The van der Waals surface area contributed by atoms with Gasteiger partial charge in [0.25, 0.3) is 0 Å². The van der Waals surface area contributed by atoms with Crippen LogP contribution in [-0.2, 0) is 6.54 Å². The first kappa shape index (κ1) is 23.5. The Hall–Kier alpha value is -2.82. The maximum Gasteiger partial charge on any atom is 0.191 e. The maximum atomic E-state index is 5.70.